The third kappa shape index (κ3) is 0.863. The first-order valence-electron chi connectivity index (χ1n) is 3.60. The van der Waals surface area contributed by atoms with Gasteiger partial charge in [0.2, 0.25) is 13.1 Å². The Balaban J connectivity index is 2.61. The zero-order valence-corrected chi connectivity index (χ0v) is 6.59. The van der Waals surface area contributed by atoms with E-state index in [4.69, 9.17) is 9.47 Å². The fourth-order valence-corrected chi connectivity index (χ4v) is 1.22. The summed E-state index contributed by atoms with van der Waals surface area (Å²) in [4.78, 5) is 10.4. The normalized spacial score (nSPS) is 13.1. The van der Waals surface area contributed by atoms with Gasteiger partial charge in [0, 0.05) is 11.1 Å². The first kappa shape index (κ1) is 7.16. The topological polar surface area (TPSA) is 35.5 Å². The van der Waals surface area contributed by atoms with Crippen molar-refractivity contribution < 1.29 is 14.3 Å². The predicted octanol–water partition coefficient (Wildman–Crippen LogP) is 1.18. The maximum Gasteiger partial charge on any atom is 0.233 e. The van der Waals surface area contributed by atoms with Crippen LogP contribution >= 0.6 is 0 Å². The van der Waals surface area contributed by atoms with Crippen molar-refractivity contribution in [1.82, 2.24) is 0 Å². The molecule has 0 N–H and O–H groups in total. The molecule has 0 bridgehead atoms. The minimum Gasteiger partial charge on any atom is -0.454 e. The van der Waals surface area contributed by atoms with Crippen LogP contribution in [0.15, 0.2) is 12.1 Å². The number of carbonyl (C=O) groups excluding carboxylic acids is 1. The highest BCUT2D eigenvalue weighted by Gasteiger charge is 2.17. The third-order valence-corrected chi connectivity index (χ3v) is 1.90. The molecule has 3 heteroatoms. The van der Waals surface area contributed by atoms with Crippen molar-refractivity contribution >= 4 is 6.29 Å². The molecular weight excluding hydrogens is 156 g/mol. The summed E-state index contributed by atoms with van der Waals surface area (Å²) < 4.78 is 10.3. The summed E-state index contributed by atoms with van der Waals surface area (Å²) in [6.07, 6.45) is 1.84. The summed E-state index contributed by atoms with van der Waals surface area (Å²) in [5.41, 5.74) is 1.32. The molecule has 0 fully saturated rings. The van der Waals surface area contributed by atoms with Crippen LogP contribution in [0, 0.1) is 6.92 Å². The van der Waals surface area contributed by atoms with E-state index in [1.54, 1.807) is 12.1 Å². The zero-order chi connectivity index (χ0) is 8.55. The highest BCUT2D eigenvalue weighted by molar-refractivity contribution is 5.80. The summed E-state index contributed by atoms with van der Waals surface area (Å²) in [6, 6.07) is 3.39. The summed E-state index contributed by atoms with van der Waals surface area (Å²) in [7, 11) is 0. The summed E-state index contributed by atoms with van der Waals surface area (Å²) >= 11 is 0. The van der Waals surface area contributed by atoms with E-state index in [0.717, 1.165) is 5.56 Å². The van der Waals surface area contributed by atoms with Crippen molar-refractivity contribution in [3.8, 4) is 11.5 Å². The number of rotatable bonds is 1. The van der Waals surface area contributed by atoms with Crippen LogP contribution in [0.2, 0.25) is 0 Å². The van der Waals surface area contributed by atoms with Gasteiger partial charge < -0.3 is 9.47 Å². The van der Waals surface area contributed by atoms with Crippen LogP contribution in [0.3, 0.4) is 0 Å². The fourth-order valence-electron chi connectivity index (χ4n) is 1.22. The van der Waals surface area contributed by atoms with Gasteiger partial charge in [-0.2, -0.15) is 0 Å². The Morgan fingerprint density at radius 2 is 2.25 bits per heavy atom. The number of ether oxygens (including phenoxy) is 2. The van der Waals surface area contributed by atoms with E-state index in [2.05, 4.69) is 0 Å². The highest BCUT2D eigenvalue weighted by Crippen LogP contribution is 2.36. The quantitative estimate of drug-likeness (QED) is 0.623. The van der Waals surface area contributed by atoms with Gasteiger partial charge in [0.1, 0.15) is 0 Å². The van der Waals surface area contributed by atoms with Gasteiger partial charge in [-0.25, -0.2) is 0 Å². The molecule has 2 rings (SSSR count). The molecule has 0 aliphatic carbocycles. The van der Waals surface area contributed by atoms with Crippen LogP contribution in [0.25, 0.3) is 0 Å². The Labute approximate surface area is 69.9 Å². The van der Waals surface area contributed by atoms with Gasteiger partial charge in [0.25, 0.3) is 0 Å². The Bertz CT molecular complexity index is 331. The van der Waals surface area contributed by atoms with E-state index >= 15 is 0 Å². The van der Waals surface area contributed by atoms with E-state index < -0.39 is 0 Å². The molecule has 1 radical (unpaired) electrons. The molecule has 0 spiro atoms. The van der Waals surface area contributed by atoms with Gasteiger partial charge in [-0.3, -0.25) is 4.79 Å². The SMILES string of the molecule is Cc1c([C]=O)ccc2c1OCO2. The molecule has 0 amide bonds. The average Bonchev–Trinajstić information content (AvgIpc) is 2.53. The van der Waals surface area contributed by atoms with Gasteiger partial charge in [0.05, 0.1) is 0 Å². The van der Waals surface area contributed by atoms with Crippen LogP contribution < -0.4 is 9.47 Å². The van der Waals surface area contributed by atoms with E-state index in [-0.39, 0.29) is 6.79 Å². The molecule has 0 atom stereocenters. The fraction of sp³-hybridized carbons (Fsp3) is 0.222. The van der Waals surface area contributed by atoms with Crippen LogP contribution in [0.5, 0.6) is 11.5 Å². The molecule has 3 nitrogen and oxygen atoms in total. The zero-order valence-electron chi connectivity index (χ0n) is 6.59. The number of benzene rings is 1. The summed E-state index contributed by atoms with van der Waals surface area (Å²) in [6.45, 7) is 2.05. The maximum absolute atomic E-state index is 10.4. The molecular formula is C9H7O3. The van der Waals surface area contributed by atoms with Crippen LogP contribution in [-0.4, -0.2) is 13.1 Å². The van der Waals surface area contributed by atoms with Crippen LogP contribution in [0.4, 0.5) is 0 Å². The van der Waals surface area contributed by atoms with E-state index in [0.29, 0.717) is 17.1 Å². The molecule has 1 aromatic carbocycles. The Kier molecular flexibility index (Phi) is 1.50. The standard InChI is InChI=1S/C9H7O3/c1-6-7(4-10)2-3-8-9(6)12-5-11-8/h2-3H,5H2,1H3. The second kappa shape index (κ2) is 2.52. The van der Waals surface area contributed by atoms with Crippen molar-refractivity contribution in [1.29, 1.82) is 0 Å². The number of hydrogen-bond donors (Lipinski definition) is 0. The molecule has 0 saturated carbocycles. The second-order valence-corrected chi connectivity index (χ2v) is 2.57. The van der Waals surface area contributed by atoms with E-state index in [1.165, 1.54) is 0 Å². The summed E-state index contributed by atoms with van der Waals surface area (Å²) in [5.74, 6) is 1.36. The molecule has 1 heterocycles. The maximum atomic E-state index is 10.4. The third-order valence-electron chi connectivity index (χ3n) is 1.90. The second-order valence-electron chi connectivity index (χ2n) is 2.57. The van der Waals surface area contributed by atoms with Crippen molar-refractivity contribution in [2.75, 3.05) is 6.79 Å². The minimum absolute atomic E-state index is 0.235. The van der Waals surface area contributed by atoms with Crippen molar-refractivity contribution in [3.63, 3.8) is 0 Å². The lowest BCUT2D eigenvalue weighted by molar-refractivity contribution is 0.173. The molecule has 1 aliphatic rings. The minimum atomic E-state index is 0.235. The van der Waals surface area contributed by atoms with Gasteiger partial charge in [-0.1, -0.05) is 0 Å². The van der Waals surface area contributed by atoms with Gasteiger partial charge in [-0.05, 0) is 19.1 Å². The molecule has 0 unspecified atom stereocenters. The van der Waals surface area contributed by atoms with Gasteiger partial charge in [0.15, 0.2) is 11.5 Å². The molecule has 0 aromatic heterocycles. The predicted molar refractivity (Wildman–Crippen MR) is 42.1 cm³/mol. The number of fused-ring (bicyclic) bond motifs is 1. The first-order valence-corrected chi connectivity index (χ1v) is 3.60. The first-order chi connectivity index (χ1) is 5.83. The lowest BCUT2D eigenvalue weighted by Gasteiger charge is -2.01. The molecule has 1 aromatic rings. The Hall–Kier alpha value is -1.51. The monoisotopic (exact) mass is 163 g/mol. The van der Waals surface area contributed by atoms with E-state index in [1.807, 2.05) is 13.2 Å². The molecule has 12 heavy (non-hydrogen) atoms. The number of hydrogen-bond acceptors (Lipinski definition) is 3. The average molecular weight is 163 g/mol. The van der Waals surface area contributed by atoms with Crippen molar-refractivity contribution in [2.24, 2.45) is 0 Å². The van der Waals surface area contributed by atoms with Crippen LogP contribution in [0.1, 0.15) is 11.1 Å². The lowest BCUT2D eigenvalue weighted by atomic mass is 10.1. The van der Waals surface area contributed by atoms with Gasteiger partial charge >= 0.3 is 0 Å². The smallest absolute Gasteiger partial charge is 0.233 e. The molecule has 0 saturated heterocycles. The van der Waals surface area contributed by atoms with Crippen molar-refractivity contribution in [3.05, 3.63) is 23.3 Å². The molecule has 1 aliphatic heterocycles. The largest absolute Gasteiger partial charge is 0.454 e. The lowest BCUT2D eigenvalue weighted by Crippen LogP contribution is -1.94. The Morgan fingerprint density at radius 1 is 1.42 bits per heavy atom. The Morgan fingerprint density at radius 3 is 3.00 bits per heavy atom. The van der Waals surface area contributed by atoms with Crippen molar-refractivity contribution in [2.45, 2.75) is 6.92 Å². The van der Waals surface area contributed by atoms with Gasteiger partial charge in [-0.15, -0.1) is 0 Å². The highest BCUT2D eigenvalue weighted by atomic mass is 16.7. The van der Waals surface area contributed by atoms with E-state index in [9.17, 15) is 4.79 Å². The summed E-state index contributed by atoms with van der Waals surface area (Å²) in [5, 5.41) is 0. The van der Waals surface area contributed by atoms with Crippen LogP contribution in [-0.2, 0) is 4.79 Å². The molecule has 61 valence electrons.